The molecule has 0 aliphatic carbocycles. The van der Waals surface area contributed by atoms with Crippen molar-refractivity contribution >= 4 is 0 Å². The van der Waals surface area contributed by atoms with Crippen LogP contribution in [0.1, 0.15) is 20.3 Å². The average molecular weight is 228 g/mol. The molecule has 0 aromatic carbocycles. The molecule has 2 atom stereocenters. The lowest BCUT2D eigenvalue weighted by Crippen LogP contribution is -2.61. The summed E-state index contributed by atoms with van der Waals surface area (Å²) in [5.74, 6) is 0. The molecule has 0 saturated carbocycles. The smallest absolute Gasteiger partial charge is 0.0995 e. The maximum Gasteiger partial charge on any atom is 0.0995 e. The molecule has 2 saturated heterocycles. The van der Waals surface area contributed by atoms with Crippen molar-refractivity contribution < 1.29 is 9.47 Å². The van der Waals surface area contributed by atoms with E-state index in [-0.39, 0.29) is 5.60 Å². The van der Waals surface area contributed by atoms with Gasteiger partial charge in [0.15, 0.2) is 0 Å². The first-order valence-electron chi connectivity index (χ1n) is 6.30. The second-order valence-electron chi connectivity index (χ2n) is 5.29. The second-order valence-corrected chi connectivity index (χ2v) is 5.29. The Balaban J connectivity index is 1.97. The van der Waals surface area contributed by atoms with Gasteiger partial charge in [0.25, 0.3) is 0 Å². The number of nitrogens with zero attached hydrogens (tertiary/aromatic N) is 1. The van der Waals surface area contributed by atoms with Gasteiger partial charge in [-0.05, 0) is 27.3 Å². The van der Waals surface area contributed by atoms with E-state index in [4.69, 9.17) is 9.47 Å². The summed E-state index contributed by atoms with van der Waals surface area (Å²) in [7, 11) is 2.16. The van der Waals surface area contributed by atoms with Crippen molar-refractivity contribution in [1.29, 1.82) is 0 Å². The molecule has 2 aliphatic rings. The highest BCUT2D eigenvalue weighted by molar-refractivity contribution is 5.02. The molecule has 1 spiro atoms. The first kappa shape index (κ1) is 12.3. The zero-order valence-electron chi connectivity index (χ0n) is 10.7. The number of morpholine rings is 1. The van der Waals surface area contributed by atoms with Crippen LogP contribution >= 0.6 is 0 Å². The molecule has 1 N–H and O–H groups in total. The highest BCUT2D eigenvalue weighted by Gasteiger charge is 2.46. The van der Waals surface area contributed by atoms with Crippen LogP contribution < -0.4 is 5.32 Å². The third kappa shape index (κ3) is 2.56. The summed E-state index contributed by atoms with van der Waals surface area (Å²) in [5.41, 5.74) is -0.0120. The number of hydrogen-bond acceptors (Lipinski definition) is 4. The Bertz CT molecular complexity index is 231. The van der Waals surface area contributed by atoms with Crippen molar-refractivity contribution in [2.45, 2.75) is 38.0 Å². The summed E-state index contributed by atoms with van der Waals surface area (Å²) in [5, 5.41) is 3.55. The van der Waals surface area contributed by atoms with Gasteiger partial charge in [0.05, 0.1) is 31.0 Å². The van der Waals surface area contributed by atoms with Gasteiger partial charge in [0.2, 0.25) is 0 Å². The van der Waals surface area contributed by atoms with Crippen molar-refractivity contribution in [2.24, 2.45) is 0 Å². The molecule has 0 aromatic heterocycles. The third-order valence-corrected chi connectivity index (χ3v) is 3.57. The van der Waals surface area contributed by atoms with E-state index in [1.54, 1.807) is 0 Å². The van der Waals surface area contributed by atoms with Gasteiger partial charge in [0, 0.05) is 19.6 Å². The quantitative estimate of drug-likeness (QED) is 0.761. The van der Waals surface area contributed by atoms with E-state index in [0.29, 0.717) is 12.1 Å². The zero-order chi connectivity index (χ0) is 11.6. The lowest BCUT2D eigenvalue weighted by atomic mass is 9.92. The summed E-state index contributed by atoms with van der Waals surface area (Å²) < 4.78 is 11.8. The van der Waals surface area contributed by atoms with Gasteiger partial charge in [-0.25, -0.2) is 0 Å². The lowest BCUT2D eigenvalue weighted by Gasteiger charge is -2.42. The summed E-state index contributed by atoms with van der Waals surface area (Å²) in [6.07, 6.45) is 1.41. The molecule has 2 aliphatic heterocycles. The molecule has 16 heavy (non-hydrogen) atoms. The van der Waals surface area contributed by atoms with E-state index in [0.717, 1.165) is 39.3 Å². The normalized spacial score (nSPS) is 36.4. The first-order chi connectivity index (χ1) is 7.62. The molecule has 4 heteroatoms. The Morgan fingerprint density at radius 3 is 3.00 bits per heavy atom. The van der Waals surface area contributed by atoms with Crippen LogP contribution in [0.5, 0.6) is 0 Å². The van der Waals surface area contributed by atoms with Gasteiger partial charge >= 0.3 is 0 Å². The number of rotatable bonds is 3. The van der Waals surface area contributed by atoms with E-state index in [1.807, 2.05) is 0 Å². The Kier molecular flexibility index (Phi) is 3.85. The Hall–Kier alpha value is -0.160. The second kappa shape index (κ2) is 5.00. The van der Waals surface area contributed by atoms with Crippen LogP contribution in [0.25, 0.3) is 0 Å². The lowest BCUT2D eigenvalue weighted by molar-refractivity contribution is -0.110. The number of likely N-dealkylation sites (N-methyl/N-ethyl adjacent to an activating group) is 1. The van der Waals surface area contributed by atoms with Crippen LogP contribution in [0.15, 0.2) is 0 Å². The maximum atomic E-state index is 6.06. The van der Waals surface area contributed by atoms with Crippen LogP contribution in [0.2, 0.25) is 0 Å². The third-order valence-electron chi connectivity index (χ3n) is 3.57. The summed E-state index contributed by atoms with van der Waals surface area (Å²) >= 11 is 0. The van der Waals surface area contributed by atoms with Gasteiger partial charge in [-0.2, -0.15) is 0 Å². The van der Waals surface area contributed by atoms with Crippen molar-refractivity contribution in [3.05, 3.63) is 0 Å². The maximum absolute atomic E-state index is 6.06. The van der Waals surface area contributed by atoms with Gasteiger partial charge in [-0.15, -0.1) is 0 Å². The molecule has 2 fully saturated rings. The molecule has 4 nitrogen and oxygen atoms in total. The van der Waals surface area contributed by atoms with Crippen LogP contribution in [-0.2, 0) is 9.47 Å². The fraction of sp³-hybridized carbons (Fsp3) is 1.00. The van der Waals surface area contributed by atoms with E-state index in [1.165, 1.54) is 0 Å². The zero-order valence-corrected chi connectivity index (χ0v) is 10.7. The minimum absolute atomic E-state index is 0.0120. The largest absolute Gasteiger partial charge is 0.377 e. The van der Waals surface area contributed by atoms with E-state index in [9.17, 15) is 0 Å². The molecule has 2 heterocycles. The topological polar surface area (TPSA) is 33.7 Å². The molecule has 0 bridgehead atoms. The van der Waals surface area contributed by atoms with Crippen molar-refractivity contribution in [3.63, 3.8) is 0 Å². The van der Waals surface area contributed by atoms with Crippen LogP contribution in [0.4, 0.5) is 0 Å². The number of ether oxygens (including phenoxy) is 2. The van der Waals surface area contributed by atoms with E-state index >= 15 is 0 Å². The predicted octanol–water partition coefficient (Wildman–Crippen LogP) is 0.474. The predicted molar refractivity (Wildman–Crippen MR) is 63.7 cm³/mol. The fourth-order valence-corrected chi connectivity index (χ4v) is 2.67. The minimum Gasteiger partial charge on any atom is -0.377 e. The molecule has 94 valence electrons. The number of hydrogen-bond donors (Lipinski definition) is 1. The molecular formula is C12H24N2O2. The van der Waals surface area contributed by atoms with Gasteiger partial charge < -0.3 is 19.7 Å². The summed E-state index contributed by atoms with van der Waals surface area (Å²) in [4.78, 5) is 2.34. The molecule has 0 aromatic rings. The standard InChI is InChI=1S/C12H24N2O2/c1-10(2)15-8-11-12(16-7-5-13-11)4-6-14(3)9-12/h10-11,13H,4-9H2,1-3H3. The van der Waals surface area contributed by atoms with Gasteiger partial charge in [-0.1, -0.05) is 0 Å². The number of nitrogens with one attached hydrogen (secondary N) is 1. The Morgan fingerprint density at radius 1 is 1.56 bits per heavy atom. The van der Waals surface area contributed by atoms with Gasteiger partial charge in [-0.3, -0.25) is 0 Å². The fourth-order valence-electron chi connectivity index (χ4n) is 2.67. The van der Waals surface area contributed by atoms with E-state index in [2.05, 4.69) is 31.1 Å². The number of likely N-dealkylation sites (tertiary alicyclic amines) is 1. The van der Waals surface area contributed by atoms with Crippen molar-refractivity contribution in [1.82, 2.24) is 10.2 Å². The van der Waals surface area contributed by atoms with Crippen molar-refractivity contribution in [3.8, 4) is 0 Å². The molecule has 2 unspecified atom stereocenters. The highest BCUT2D eigenvalue weighted by Crippen LogP contribution is 2.30. The molecule has 0 radical (unpaired) electrons. The highest BCUT2D eigenvalue weighted by atomic mass is 16.5. The monoisotopic (exact) mass is 228 g/mol. The minimum atomic E-state index is -0.0120. The molecule has 0 amide bonds. The van der Waals surface area contributed by atoms with Crippen molar-refractivity contribution in [2.75, 3.05) is 39.9 Å². The molecular weight excluding hydrogens is 204 g/mol. The van der Waals surface area contributed by atoms with Crippen LogP contribution in [0, 0.1) is 0 Å². The van der Waals surface area contributed by atoms with Crippen LogP contribution in [-0.4, -0.2) is 62.5 Å². The summed E-state index contributed by atoms with van der Waals surface area (Å²) in [6, 6.07) is 0.341. The molecule has 2 rings (SSSR count). The first-order valence-corrected chi connectivity index (χ1v) is 6.30. The van der Waals surface area contributed by atoms with Gasteiger partial charge in [0.1, 0.15) is 0 Å². The van der Waals surface area contributed by atoms with Crippen LogP contribution in [0.3, 0.4) is 0 Å². The Morgan fingerprint density at radius 2 is 2.38 bits per heavy atom. The Labute approximate surface area is 98.3 Å². The SMILES string of the molecule is CC(C)OCC1NCCOC12CCN(C)C2. The van der Waals surface area contributed by atoms with E-state index < -0.39 is 0 Å². The summed E-state index contributed by atoms with van der Waals surface area (Å²) in [6.45, 7) is 8.83. The average Bonchev–Trinajstić information content (AvgIpc) is 2.59.